The topological polar surface area (TPSA) is 58.6 Å². The van der Waals surface area contributed by atoms with Gasteiger partial charge in [0.25, 0.3) is 5.91 Å². The van der Waals surface area contributed by atoms with Crippen LogP contribution in [0.25, 0.3) is 0 Å². The van der Waals surface area contributed by atoms with Crippen LogP contribution in [0, 0.1) is 13.8 Å². The van der Waals surface area contributed by atoms with Crippen LogP contribution in [0.4, 0.5) is 0 Å². The van der Waals surface area contributed by atoms with E-state index >= 15 is 0 Å². The number of carbonyl (C=O) groups is 1. The van der Waals surface area contributed by atoms with Crippen molar-refractivity contribution in [1.82, 2.24) is 5.32 Å². The van der Waals surface area contributed by atoms with Gasteiger partial charge in [0, 0.05) is 11.3 Å². The van der Waals surface area contributed by atoms with Gasteiger partial charge in [-0.15, -0.1) is 0 Å². The number of aliphatic hydroxyl groups is 1. The van der Waals surface area contributed by atoms with Crippen molar-refractivity contribution in [2.45, 2.75) is 32.1 Å². The van der Waals surface area contributed by atoms with E-state index in [1.807, 2.05) is 39.2 Å². The molecule has 0 fully saturated rings. The second-order valence-corrected chi connectivity index (χ2v) is 6.00. The Morgan fingerprint density at radius 1 is 1.35 bits per heavy atom. The van der Waals surface area contributed by atoms with Gasteiger partial charge >= 0.3 is 0 Å². The molecule has 20 heavy (non-hydrogen) atoms. The molecule has 2 N–H and O–H groups in total. The summed E-state index contributed by atoms with van der Waals surface area (Å²) in [6.07, 6.45) is 1.91. The number of carbonyl (C=O) groups excluding carboxylic acids is 1. The van der Waals surface area contributed by atoms with Crippen molar-refractivity contribution < 1.29 is 14.6 Å². The number of aliphatic hydroxyl groups excluding tert-OH is 1. The average molecular weight is 297 g/mol. The number of amides is 1. The summed E-state index contributed by atoms with van der Waals surface area (Å²) in [6, 6.07) is 5.77. The molecule has 5 heteroatoms. The Labute approximate surface area is 124 Å². The number of hydrogen-bond acceptors (Lipinski definition) is 4. The minimum Gasteiger partial charge on any atom is -0.484 e. The molecule has 0 aliphatic heterocycles. The molecule has 0 bridgehead atoms. The normalized spacial score (nSPS) is 13.7. The number of ether oxygens (including phenoxy) is 1. The average Bonchev–Trinajstić information content (AvgIpc) is 2.36. The highest BCUT2D eigenvalue weighted by atomic mass is 32.2. The lowest BCUT2D eigenvalue weighted by Gasteiger charge is -2.21. The number of benzene rings is 1. The van der Waals surface area contributed by atoms with Gasteiger partial charge in [-0.3, -0.25) is 4.79 Å². The number of rotatable bonds is 7. The molecule has 4 nitrogen and oxygen atoms in total. The summed E-state index contributed by atoms with van der Waals surface area (Å²) < 4.78 is 5.50. The maximum absolute atomic E-state index is 11.8. The fourth-order valence-electron chi connectivity index (χ4n) is 1.99. The van der Waals surface area contributed by atoms with E-state index in [9.17, 15) is 9.90 Å². The molecule has 0 heterocycles. The summed E-state index contributed by atoms with van der Waals surface area (Å²) in [5.74, 6) is 0.526. The van der Waals surface area contributed by atoms with Crippen LogP contribution in [0.5, 0.6) is 5.75 Å². The summed E-state index contributed by atoms with van der Waals surface area (Å²) in [4.78, 5) is 11.8. The van der Waals surface area contributed by atoms with Crippen LogP contribution < -0.4 is 10.1 Å². The van der Waals surface area contributed by atoms with E-state index < -0.39 is 0 Å². The van der Waals surface area contributed by atoms with Gasteiger partial charge in [-0.2, -0.15) is 11.8 Å². The maximum atomic E-state index is 11.8. The van der Waals surface area contributed by atoms with Gasteiger partial charge in [-0.25, -0.2) is 0 Å². The van der Waals surface area contributed by atoms with Gasteiger partial charge < -0.3 is 15.2 Å². The standard InChI is InChI=1S/C15H23NO3S/c1-10-5-11(2)7-13(6-10)19-9-15(18)16-12(3)14(8-17)20-4/h5-7,12,14,17H,8-9H2,1-4H3,(H,16,18). The van der Waals surface area contributed by atoms with Crippen LogP contribution >= 0.6 is 11.8 Å². The summed E-state index contributed by atoms with van der Waals surface area (Å²) >= 11 is 1.53. The molecule has 0 saturated heterocycles. The lowest BCUT2D eigenvalue weighted by molar-refractivity contribution is -0.123. The van der Waals surface area contributed by atoms with Crippen molar-refractivity contribution in [2.75, 3.05) is 19.5 Å². The Morgan fingerprint density at radius 3 is 2.45 bits per heavy atom. The molecule has 0 spiro atoms. The summed E-state index contributed by atoms with van der Waals surface area (Å²) in [5.41, 5.74) is 2.22. The fraction of sp³-hybridized carbons (Fsp3) is 0.533. The van der Waals surface area contributed by atoms with Crippen molar-refractivity contribution in [3.05, 3.63) is 29.3 Å². The first kappa shape index (κ1) is 16.9. The lowest BCUT2D eigenvalue weighted by atomic mass is 10.1. The zero-order valence-electron chi connectivity index (χ0n) is 12.5. The summed E-state index contributed by atoms with van der Waals surface area (Å²) in [5, 5.41) is 12.0. The highest BCUT2D eigenvalue weighted by Gasteiger charge is 2.17. The third-order valence-electron chi connectivity index (χ3n) is 2.99. The Balaban J connectivity index is 2.47. The molecule has 1 aromatic rings. The Hall–Kier alpha value is -1.20. The molecule has 0 aromatic heterocycles. The van der Waals surface area contributed by atoms with E-state index in [1.165, 1.54) is 11.8 Å². The monoisotopic (exact) mass is 297 g/mol. The highest BCUT2D eigenvalue weighted by Crippen LogP contribution is 2.16. The number of nitrogens with one attached hydrogen (secondary N) is 1. The molecule has 1 rings (SSSR count). The quantitative estimate of drug-likeness (QED) is 0.807. The van der Waals surface area contributed by atoms with E-state index in [-0.39, 0.29) is 30.4 Å². The molecule has 0 aliphatic rings. The van der Waals surface area contributed by atoms with Gasteiger partial charge in [-0.1, -0.05) is 6.07 Å². The Kier molecular flexibility index (Phi) is 6.88. The van der Waals surface area contributed by atoms with Gasteiger partial charge in [-0.05, 0) is 50.3 Å². The molecular formula is C15H23NO3S. The molecule has 112 valence electrons. The number of thioether (sulfide) groups is 1. The van der Waals surface area contributed by atoms with Crippen molar-refractivity contribution in [3.8, 4) is 5.75 Å². The minimum atomic E-state index is -0.177. The van der Waals surface area contributed by atoms with Crippen LogP contribution in [0.1, 0.15) is 18.1 Å². The second kappa shape index (κ2) is 8.17. The van der Waals surface area contributed by atoms with Crippen LogP contribution in [0.15, 0.2) is 18.2 Å². The zero-order valence-corrected chi connectivity index (χ0v) is 13.3. The zero-order chi connectivity index (χ0) is 15.1. The van der Waals surface area contributed by atoms with Crippen molar-refractivity contribution >= 4 is 17.7 Å². The molecule has 2 atom stereocenters. The highest BCUT2D eigenvalue weighted by molar-refractivity contribution is 7.99. The van der Waals surface area contributed by atoms with Crippen molar-refractivity contribution in [1.29, 1.82) is 0 Å². The van der Waals surface area contributed by atoms with Crippen LogP contribution in [0.2, 0.25) is 0 Å². The van der Waals surface area contributed by atoms with Gasteiger partial charge in [0.1, 0.15) is 5.75 Å². The van der Waals surface area contributed by atoms with E-state index in [4.69, 9.17) is 4.74 Å². The smallest absolute Gasteiger partial charge is 0.258 e. The number of aryl methyl sites for hydroxylation is 2. The lowest BCUT2D eigenvalue weighted by Crippen LogP contribution is -2.43. The molecule has 1 amide bonds. The van der Waals surface area contributed by atoms with E-state index in [0.29, 0.717) is 5.75 Å². The molecule has 0 saturated carbocycles. The first-order chi connectivity index (χ1) is 9.46. The Morgan fingerprint density at radius 2 is 1.95 bits per heavy atom. The van der Waals surface area contributed by atoms with Gasteiger partial charge in [0.05, 0.1) is 6.61 Å². The van der Waals surface area contributed by atoms with Gasteiger partial charge in [0.15, 0.2) is 6.61 Å². The third kappa shape index (κ3) is 5.43. The van der Waals surface area contributed by atoms with Crippen LogP contribution in [0.3, 0.4) is 0 Å². The SMILES string of the molecule is CSC(CO)C(C)NC(=O)COc1cc(C)cc(C)c1. The molecule has 0 radical (unpaired) electrons. The summed E-state index contributed by atoms with van der Waals surface area (Å²) in [7, 11) is 0. The second-order valence-electron chi connectivity index (χ2n) is 4.93. The predicted molar refractivity (Wildman–Crippen MR) is 83.4 cm³/mol. The molecule has 2 unspecified atom stereocenters. The van der Waals surface area contributed by atoms with E-state index in [0.717, 1.165) is 11.1 Å². The van der Waals surface area contributed by atoms with Crippen molar-refractivity contribution in [2.24, 2.45) is 0 Å². The Bertz CT molecular complexity index is 426. The minimum absolute atomic E-state index is 0.000152. The largest absolute Gasteiger partial charge is 0.484 e. The number of hydrogen-bond donors (Lipinski definition) is 2. The van der Waals surface area contributed by atoms with Gasteiger partial charge in [0.2, 0.25) is 0 Å². The van der Waals surface area contributed by atoms with Crippen LogP contribution in [-0.4, -0.2) is 41.8 Å². The first-order valence-electron chi connectivity index (χ1n) is 6.60. The third-order valence-corrected chi connectivity index (χ3v) is 4.16. The fourth-order valence-corrected chi connectivity index (χ4v) is 2.62. The van der Waals surface area contributed by atoms with E-state index in [1.54, 1.807) is 0 Å². The maximum Gasteiger partial charge on any atom is 0.258 e. The predicted octanol–water partition coefficient (Wildman–Crippen LogP) is 1.91. The van der Waals surface area contributed by atoms with Crippen molar-refractivity contribution in [3.63, 3.8) is 0 Å². The molecule has 0 aliphatic carbocycles. The van der Waals surface area contributed by atoms with Crippen LogP contribution in [-0.2, 0) is 4.79 Å². The van der Waals surface area contributed by atoms with E-state index in [2.05, 4.69) is 11.4 Å². The molecular weight excluding hydrogens is 274 g/mol. The molecule has 1 aromatic carbocycles. The first-order valence-corrected chi connectivity index (χ1v) is 7.89. The summed E-state index contributed by atoms with van der Waals surface area (Å²) in [6.45, 7) is 5.89.